The number of nitro groups is 1. The van der Waals surface area contributed by atoms with Crippen molar-refractivity contribution in [2.75, 3.05) is 0 Å². The number of halogens is 1. The summed E-state index contributed by atoms with van der Waals surface area (Å²) in [5.74, 6) is -3.00. The Morgan fingerprint density at radius 2 is 2.24 bits per heavy atom. The maximum atomic E-state index is 13.4. The molecule has 8 heteroatoms. The normalized spacial score (nSPS) is 21.7. The summed E-state index contributed by atoms with van der Waals surface area (Å²) in [5.41, 5.74) is -0.283. The molecule has 1 heterocycles. The summed E-state index contributed by atoms with van der Waals surface area (Å²) in [6.07, 6.45) is 1.24. The summed E-state index contributed by atoms with van der Waals surface area (Å²) < 4.78 is 13.4. The third-order valence-corrected chi connectivity index (χ3v) is 2.26. The van der Waals surface area contributed by atoms with Crippen LogP contribution in [0.2, 0.25) is 0 Å². The van der Waals surface area contributed by atoms with Crippen LogP contribution in [0.5, 0.6) is 0 Å². The fraction of sp³-hybridized carbons (Fsp3) is 0.111. The molecule has 1 aromatic carbocycles. The zero-order valence-corrected chi connectivity index (χ0v) is 8.28. The van der Waals surface area contributed by atoms with E-state index in [-0.39, 0.29) is 11.1 Å². The minimum absolute atomic E-state index is 0.0944. The van der Waals surface area contributed by atoms with E-state index in [9.17, 15) is 19.3 Å². The maximum Gasteiger partial charge on any atom is 0.457 e. The van der Waals surface area contributed by atoms with Gasteiger partial charge in [0.1, 0.15) is 12.2 Å². The van der Waals surface area contributed by atoms with Crippen molar-refractivity contribution in [2.45, 2.75) is 5.79 Å². The first-order valence-electron chi connectivity index (χ1n) is 4.45. The number of carbonyl (C=O) groups excluding carboxylic acids is 1. The van der Waals surface area contributed by atoms with Crippen LogP contribution >= 0.6 is 0 Å². The monoisotopic (exact) mass is 236 g/mol. The van der Waals surface area contributed by atoms with E-state index in [2.05, 4.69) is 15.2 Å². The molecule has 1 aliphatic heterocycles. The first-order chi connectivity index (χ1) is 8.10. The van der Waals surface area contributed by atoms with Gasteiger partial charge in [0.05, 0.1) is 16.1 Å². The summed E-state index contributed by atoms with van der Waals surface area (Å²) >= 11 is 0. The highest BCUT2D eigenvalue weighted by molar-refractivity contribution is 5.75. The predicted octanol–water partition coefficient (Wildman–Crippen LogP) is 1.52. The molecule has 86 valence electrons. The van der Waals surface area contributed by atoms with Crippen molar-refractivity contribution in [3.8, 4) is 0 Å². The minimum Gasteiger partial charge on any atom is -0.298 e. The zero-order valence-electron chi connectivity index (χ0n) is 8.28. The van der Waals surface area contributed by atoms with Crippen LogP contribution in [0.4, 0.5) is 4.39 Å². The van der Waals surface area contributed by atoms with Crippen molar-refractivity contribution in [2.24, 2.45) is 15.2 Å². The highest BCUT2D eigenvalue weighted by Crippen LogP contribution is 2.31. The number of carbonyl (C=O) groups is 1. The van der Waals surface area contributed by atoms with E-state index in [1.807, 2.05) is 0 Å². The molecule has 0 aliphatic carbocycles. The van der Waals surface area contributed by atoms with Crippen molar-refractivity contribution in [1.82, 2.24) is 0 Å². The van der Waals surface area contributed by atoms with E-state index in [1.165, 1.54) is 6.07 Å². The van der Waals surface area contributed by atoms with Gasteiger partial charge >= 0.3 is 5.79 Å². The lowest BCUT2D eigenvalue weighted by molar-refractivity contribution is -0.575. The molecule has 0 bridgehead atoms. The Labute approximate surface area is 93.8 Å². The second-order valence-corrected chi connectivity index (χ2v) is 3.21. The average Bonchev–Trinajstić information content (AvgIpc) is 2.79. The van der Waals surface area contributed by atoms with Gasteiger partial charge < -0.3 is 0 Å². The molecule has 17 heavy (non-hydrogen) atoms. The Morgan fingerprint density at radius 3 is 2.71 bits per heavy atom. The van der Waals surface area contributed by atoms with Gasteiger partial charge in [-0.15, -0.1) is 5.11 Å². The number of aliphatic imine (C=N–C) groups is 1. The van der Waals surface area contributed by atoms with Crippen LogP contribution in [0.1, 0.15) is 15.9 Å². The van der Waals surface area contributed by atoms with Crippen molar-refractivity contribution < 1.29 is 14.1 Å². The molecule has 2 rings (SSSR count). The van der Waals surface area contributed by atoms with E-state index in [4.69, 9.17) is 0 Å². The van der Waals surface area contributed by atoms with Gasteiger partial charge in [0.2, 0.25) is 0 Å². The second-order valence-electron chi connectivity index (χ2n) is 3.21. The van der Waals surface area contributed by atoms with Crippen LogP contribution in [-0.4, -0.2) is 17.5 Å². The number of nitrogens with zero attached hydrogens (tertiary/aromatic N) is 4. The Hall–Kier alpha value is -2.51. The van der Waals surface area contributed by atoms with Crippen LogP contribution in [0.15, 0.2) is 33.4 Å². The molecule has 7 nitrogen and oxygen atoms in total. The summed E-state index contributed by atoms with van der Waals surface area (Å²) in [6.45, 7) is 0. The quantitative estimate of drug-likeness (QED) is 0.452. The summed E-state index contributed by atoms with van der Waals surface area (Å²) in [5, 5.41) is 17.6. The predicted molar refractivity (Wildman–Crippen MR) is 53.8 cm³/mol. The molecule has 0 saturated heterocycles. The molecule has 1 aromatic rings. The number of azo groups is 1. The lowest BCUT2D eigenvalue weighted by atomic mass is 10.1. The molecule has 0 aromatic heterocycles. The van der Waals surface area contributed by atoms with Gasteiger partial charge in [0, 0.05) is 0 Å². The maximum absolute atomic E-state index is 13.4. The van der Waals surface area contributed by atoms with Crippen LogP contribution < -0.4 is 0 Å². The van der Waals surface area contributed by atoms with Crippen LogP contribution in [0, 0.1) is 15.9 Å². The number of hydrogen-bond acceptors (Lipinski definition) is 6. The van der Waals surface area contributed by atoms with E-state index < -0.39 is 16.5 Å². The van der Waals surface area contributed by atoms with Gasteiger partial charge in [-0.25, -0.2) is 4.39 Å². The second kappa shape index (κ2) is 3.81. The number of hydrogen-bond donors (Lipinski definition) is 0. The van der Waals surface area contributed by atoms with Crippen LogP contribution in [-0.2, 0) is 5.79 Å². The first-order valence-corrected chi connectivity index (χ1v) is 4.45. The van der Waals surface area contributed by atoms with Gasteiger partial charge in [0.25, 0.3) is 0 Å². The Balaban J connectivity index is 2.56. The van der Waals surface area contributed by atoms with Gasteiger partial charge in [0.15, 0.2) is 6.29 Å². The van der Waals surface area contributed by atoms with Gasteiger partial charge in [-0.2, -0.15) is 4.99 Å². The molecule has 0 N–H and O–H groups in total. The van der Waals surface area contributed by atoms with E-state index in [1.54, 1.807) is 0 Å². The first kappa shape index (κ1) is 11.0. The number of rotatable bonds is 3. The average molecular weight is 236 g/mol. The van der Waals surface area contributed by atoms with E-state index in [0.29, 0.717) is 6.29 Å². The SMILES string of the molecule is O=Cc1ccc(C2([N+](=O)[O-])N=CN=N2)cc1F. The van der Waals surface area contributed by atoms with Crippen molar-refractivity contribution >= 4 is 12.6 Å². The largest absolute Gasteiger partial charge is 0.457 e. The molecular formula is C9H5FN4O3. The highest BCUT2D eigenvalue weighted by Gasteiger charge is 2.47. The van der Waals surface area contributed by atoms with E-state index >= 15 is 0 Å². The number of benzene rings is 1. The summed E-state index contributed by atoms with van der Waals surface area (Å²) in [7, 11) is 0. The molecule has 1 atom stereocenters. The van der Waals surface area contributed by atoms with Crippen molar-refractivity contribution in [1.29, 1.82) is 0 Å². The fourth-order valence-corrected chi connectivity index (χ4v) is 1.39. The molecule has 0 saturated carbocycles. The summed E-state index contributed by atoms with van der Waals surface area (Å²) in [6, 6.07) is 3.21. The molecular weight excluding hydrogens is 231 g/mol. The summed E-state index contributed by atoms with van der Waals surface area (Å²) in [4.78, 5) is 24.1. The standard InChI is InChI=1S/C9H5FN4O3/c10-8-3-7(2-1-6(8)4-15)9(14(16)17)11-5-12-13-9/h1-5H. The molecule has 0 radical (unpaired) electrons. The minimum atomic E-state index is -2.14. The molecule has 0 amide bonds. The van der Waals surface area contributed by atoms with Gasteiger partial charge in [-0.3, -0.25) is 14.9 Å². The Kier molecular flexibility index (Phi) is 2.47. The lowest BCUT2D eigenvalue weighted by Crippen LogP contribution is -2.29. The third-order valence-electron chi connectivity index (χ3n) is 2.26. The van der Waals surface area contributed by atoms with Crippen molar-refractivity contribution in [3.05, 3.63) is 45.3 Å². The topological polar surface area (TPSA) is 97.3 Å². The molecule has 0 spiro atoms. The van der Waals surface area contributed by atoms with Crippen molar-refractivity contribution in [3.63, 3.8) is 0 Å². The number of aldehydes is 1. The molecule has 1 unspecified atom stereocenters. The lowest BCUT2D eigenvalue weighted by Gasteiger charge is -2.12. The van der Waals surface area contributed by atoms with E-state index in [0.717, 1.165) is 18.5 Å². The zero-order chi connectivity index (χ0) is 12.5. The van der Waals surface area contributed by atoms with Gasteiger partial charge in [-0.05, 0) is 18.2 Å². The fourth-order valence-electron chi connectivity index (χ4n) is 1.39. The van der Waals surface area contributed by atoms with Gasteiger partial charge in [-0.1, -0.05) is 5.11 Å². The van der Waals surface area contributed by atoms with Crippen LogP contribution in [0.25, 0.3) is 0 Å². The molecule has 1 aliphatic rings. The van der Waals surface area contributed by atoms with Crippen LogP contribution in [0.3, 0.4) is 0 Å². The molecule has 0 fully saturated rings. The Bertz CT molecular complexity index is 543. The highest BCUT2D eigenvalue weighted by atomic mass is 19.1. The Morgan fingerprint density at radius 1 is 1.47 bits per heavy atom. The third kappa shape index (κ3) is 1.59. The smallest absolute Gasteiger partial charge is 0.298 e.